The molecule has 0 aliphatic carbocycles. The molecule has 0 bridgehead atoms. The Morgan fingerprint density at radius 2 is 1.57 bits per heavy atom. The lowest BCUT2D eigenvalue weighted by Gasteiger charge is -2.40. The molecule has 3 aliphatic rings. The van der Waals surface area contributed by atoms with E-state index in [-0.39, 0.29) is 42.6 Å². The summed E-state index contributed by atoms with van der Waals surface area (Å²) >= 11 is 0. The van der Waals surface area contributed by atoms with Gasteiger partial charge in [-0.15, -0.1) is 22.6 Å². The van der Waals surface area contributed by atoms with Gasteiger partial charge in [0.15, 0.2) is 11.6 Å². The summed E-state index contributed by atoms with van der Waals surface area (Å²) in [4.78, 5) is 61.8. The van der Waals surface area contributed by atoms with Crippen LogP contribution in [0, 0.1) is 0 Å². The molecule has 8 rings (SSSR count). The van der Waals surface area contributed by atoms with Gasteiger partial charge in [-0.2, -0.15) is 0 Å². The summed E-state index contributed by atoms with van der Waals surface area (Å²) in [5.41, 5.74) is 4.14. The first kappa shape index (κ1) is 50.5. The van der Waals surface area contributed by atoms with Gasteiger partial charge in [-0.3, -0.25) is 29.5 Å². The maximum atomic E-state index is 13.6. The number of unbranched alkanes of at least 4 members (excludes halogenated alkanes) is 2. The van der Waals surface area contributed by atoms with Crippen LogP contribution in [0.15, 0.2) is 91.3 Å². The number of halogens is 1. The van der Waals surface area contributed by atoms with Gasteiger partial charge >= 0.3 is 0 Å². The number of pyridine rings is 1. The third-order valence-corrected chi connectivity index (χ3v) is 12.7. The number of ether oxygens (including phenoxy) is 4. The molecule has 2 saturated heterocycles. The summed E-state index contributed by atoms with van der Waals surface area (Å²) in [5, 5.41) is 18.3. The van der Waals surface area contributed by atoms with E-state index in [9.17, 15) is 19.2 Å². The number of aromatic nitrogens is 4. The average Bonchev–Trinajstić information content (AvgIpc) is 3.98. The number of benzene rings is 3. The monoisotopic (exact) mass is 963 g/mol. The summed E-state index contributed by atoms with van der Waals surface area (Å²) in [6, 6.07) is 23.7. The zero-order valence-corrected chi connectivity index (χ0v) is 40.1. The fourth-order valence-corrected chi connectivity index (χ4v) is 8.79. The third-order valence-electron chi connectivity index (χ3n) is 12.7. The van der Waals surface area contributed by atoms with Crippen molar-refractivity contribution in [2.75, 3.05) is 65.1 Å². The highest BCUT2D eigenvalue weighted by atomic mass is 35.5. The number of carbonyl (C=O) groups excluding carboxylic acids is 4. The second kappa shape index (κ2) is 24.2. The maximum absolute atomic E-state index is 13.6. The van der Waals surface area contributed by atoms with Crippen LogP contribution in [0.25, 0.3) is 11.4 Å². The Bertz CT molecular complexity index is 2520. The summed E-state index contributed by atoms with van der Waals surface area (Å²) < 4.78 is 23.5. The first-order valence-corrected chi connectivity index (χ1v) is 23.6. The van der Waals surface area contributed by atoms with E-state index >= 15 is 0 Å². The molecule has 366 valence electrons. The van der Waals surface area contributed by atoms with Crippen LogP contribution in [-0.2, 0) is 31.1 Å². The zero-order chi connectivity index (χ0) is 47.3. The van der Waals surface area contributed by atoms with Crippen molar-refractivity contribution in [3.8, 4) is 22.9 Å². The van der Waals surface area contributed by atoms with Gasteiger partial charge in [0, 0.05) is 80.6 Å². The molecule has 3 aliphatic heterocycles. The van der Waals surface area contributed by atoms with Gasteiger partial charge in [0.05, 0.1) is 24.8 Å². The molecule has 4 amide bonds. The number of nitrogens with zero attached hydrogens (tertiary/aromatic N) is 5. The van der Waals surface area contributed by atoms with Crippen LogP contribution in [0.1, 0.15) is 102 Å². The van der Waals surface area contributed by atoms with Gasteiger partial charge in [-0.05, 0) is 131 Å². The number of likely N-dealkylation sites (tertiary alicyclic amines) is 1. The number of amides is 4. The second-order valence-corrected chi connectivity index (χ2v) is 17.7. The van der Waals surface area contributed by atoms with Crippen molar-refractivity contribution >= 4 is 41.7 Å². The smallest absolute Gasteiger partial charge is 0.255 e. The Labute approximate surface area is 408 Å². The molecule has 17 nitrogen and oxygen atoms in total. The first-order chi connectivity index (χ1) is 33.1. The van der Waals surface area contributed by atoms with Crippen molar-refractivity contribution in [1.82, 2.24) is 40.6 Å². The van der Waals surface area contributed by atoms with Crippen molar-refractivity contribution in [1.29, 1.82) is 0 Å². The van der Waals surface area contributed by atoms with Crippen LogP contribution in [0.4, 0.5) is 5.69 Å². The quantitative estimate of drug-likeness (QED) is 0.0402. The Kier molecular flexibility index (Phi) is 17.7. The summed E-state index contributed by atoms with van der Waals surface area (Å²) in [6.07, 6.45) is 9.24. The van der Waals surface area contributed by atoms with Crippen LogP contribution < -0.4 is 25.4 Å². The molecule has 18 heteroatoms. The number of carbonyl (C=O) groups is 4. The predicted molar refractivity (Wildman–Crippen MR) is 261 cm³/mol. The fraction of sp³-hybridized carbons (Fsp3) is 0.431. The van der Waals surface area contributed by atoms with Gasteiger partial charge in [0.25, 0.3) is 11.8 Å². The van der Waals surface area contributed by atoms with E-state index in [1.165, 1.54) is 4.90 Å². The summed E-state index contributed by atoms with van der Waals surface area (Å²) in [6.45, 7) is 7.26. The zero-order valence-electron chi connectivity index (χ0n) is 39.2. The molecule has 2 atom stereocenters. The average molecular weight is 965 g/mol. The normalized spacial score (nSPS) is 17.1. The number of hydrogen-bond acceptors (Lipinski definition) is 13. The maximum Gasteiger partial charge on any atom is 0.255 e. The minimum Gasteiger partial charge on any atom is -0.494 e. The number of fused-ring (bicyclic) bond motifs is 1. The molecule has 2 fully saturated rings. The van der Waals surface area contributed by atoms with Crippen LogP contribution in [-0.4, -0.2) is 119 Å². The van der Waals surface area contributed by atoms with E-state index in [2.05, 4.69) is 48.1 Å². The highest BCUT2D eigenvalue weighted by molar-refractivity contribution is 6.05. The Balaban J connectivity index is 0.00000703. The van der Waals surface area contributed by atoms with Gasteiger partial charge in [0.1, 0.15) is 24.1 Å². The summed E-state index contributed by atoms with van der Waals surface area (Å²) in [5.74, 6) is 1.76. The molecule has 0 spiro atoms. The van der Waals surface area contributed by atoms with Crippen molar-refractivity contribution in [2.45, 2.75) is 82.5 Å². The summed E-state index contributed by atoms with van der Waals surface area (Å²) in [7, 11) is 2.12. The topological polar surface area (TPSA) is 202 Å². The number of anilines is 1. The SMILES string of the molecule is C[C@@H](NC(=O)c1cccc(NC2(c3nnc(-c4ccncc4)[nH]3)CCN(C)CC2)c1)c1cccc(OCCCCCOCCCOCCOc2ccc3c(c2)CN(C2CCC(=O)NC2=O)C3=O)c1.Cl. The molecule has 1 unspecified atom stereocenters. The van der Waals surface area contributed by atoms with E-state index in [0.717, 1.165) is 85.6 Å². The molecule has 5 aromatic rings. The molecular formula is C51H62ClN9O8. The van der Waals surface area contributed by atoms with E-state index < -0.39 is 17.5 Å². The van der Waals surface area contributed by atoms with Crippen molar-refractivity contribution in [2.24, 2.45) is 0 Å². The second-order valence-electron chi connectivity index (χ2n) is 17.7. The minimum atomic E-state index is -0.642. The van der Waals surface area contributed by atoms with Crippen LogP contribution >= 0.6 is 12.4 Å². The van der Waals surface area contributed by atoms with E-state index in [0.29, 0.717) is 75.3 Å². The molecule has 0 radical (unpaired) electrons. The van der Waals surface area contributed by atoms with Crippen molar-refractivity contribution in [3.05, 3.63) is 119 Å². The molecular weight excluding hydrogens is 902 g/mol. The van der Waals surface area contributed by atoms with Crippen molar-refractivity contribution in [3.63, 3.8) is 0 Å². The first-order valence-electron chi connectivity index (χ1n) is 23.6. The largest absolute Gasteiger partial charge is 0.494 e. The number of nitrogens with one attached hydrogen (secondary N) is 4. The van der Waals surface area contributed by atoms with Crippen LogP contribution in [0.3, 0.4) is 0 Å². The lowest BCUT2D eigenvalue weighted by atomic mass is 9.86. The number of piperidine rings is 2. The van der Waals surface area contributed by atoms with Crippen LogP contribution in [0.2, 0.25) is 0 Å². The molecule has 0 saturated carbocycles. The van der Waals surface area contributed by atoms with E-state index in [1.54, 1.807) is 24.5 Å². The van der Waals surface area contributed by atoms with Gasteiger partial charge in [0.2, 0.25) is 11.8 Å². The Morgan fingerprint density at radius 1 is 0.826 bits per heavy atom. The number of H-pyrrole nitrogens is 1. The molecule has 2 aromatic heterocycles. The number of aromatic amines is 1. The molecule has 5 heterocycles. The van der Waals surface area contributed by atoms with E-state index in [4.69, 9.17) is 18.9 Å². The van der Waals surface area contributed by atoms with Gasteiger partial charge in [-0.25, -0.2) is 0 Å². The van der Waals surface area contributed by atoms with E-state index in [1.807, 2.05) is 73.7 Å². The minimum absolute atomic E-state index is 0. The number of imide groups is 1. The Hall–Kier alpha value is -6.40. The van der Waals surface area contributed by atoms with Crippen molar-refractivity contribution < 1.29 is 38.1 Å². The molecule has 4 N–H and O–H groups in total. The highest BCUT2D eigenvalue weighted by Gasteiger charge is 2.40. The fourth-order valence-electron chi connectivity index (χ4n) is 8.79. The lowest BCUT2D eigenvalue weighted by molar-refractivity contribution is -0.136. The highest BCUT2D eigenvalue weighted by Crippen LogP contribution is 2.36. The van der Waals surface area contributed by atoms with Gasteiger partial charge < -0.3 is 44.4 Å². The Morgan fingerprint density at radius 3 is 2.38 bits per heavy atom. The van der Waals surface area contributed by atoms with Gasteiger partial charge in [-0.1, -0.05) is 18.2 Å². The third kappa shape index (κ3) is 13.2. The standard InChI is InChI=1S/C51H61N9O8.ClH/c1-35(53-47(62)38-10-6-11-40(31-38)56-51(19-23-59(2)24-20-51)50-55-46(57-58-50)36-17-21-52-22-18-36)37-9-7-12-41(32-37)67-28-5-3-4-25-65-26-8-27-66-29-30-68-42-13-14-43-39(33-42)34-60(49(43)64)44-15-16-45(61)54-48(44)63;/h6-7,9-14,17-18,21-22,31-33,35,44,56H,3-5,8,15-16,19-20,23-30,34H2,1-2H3,(H,53,62)(H,54,61,63)(H,55,57,58);1H/t35-,44?;/m1./s1. The molecule has 3 aromatic carbocycles. The molecule has 69 heavy (non-hydrogen) atoms. The van der Waals surface area contributed by atoms with Crippen LogP contribution in [0.5, 0.6) is 11.5 Å². The lowest BCUT2D eigenvalue weighted by Crippen LogP contribution is -2.52. The number of hydrogen-bond donors (Lipinski definition) is 4. The predicted octanol–water partition coefficient (Wildman–Crippen LogP) is 6.62. The number of rotatable bonds is 23.